The first-order valence-electron chi connectivity index (χ1n) is 7.29. The Hall–Kier alpha value is -1.18. The fourth-order valence-corrected chi connectivity index (χ4v) is 3.37. The van der Waals surface area contributed by atoms with E-state index in [0.717, 1.165) is 41.5 Å². The lowest BCUT2D eigenvalue weighted by molar-refractivity contribution is 0.247. The standard InChI is InChI=1S/C16H23N3S/c1-3-20-15-6-4-5-14(13(15)11-17)19-12-16(2)7-9-18-10-8-16/h4-6,18-19H,3,7-10,12H2,1-2H3. The van der Waals surface area contributed by atoms with E-state index in [1.807, 2.05) is 18.2 Å². The monoisotopic (exact) mass is 289 g/mol. The van der Waals surface area contributed by atoms with E-state index in [2.05, 4.69) is 30.6 Å². The molecule has 0 amide bonds. The molecule has 0 bridgehead atoms. The molecule has 0 saturated carbocycles. The second kappa shape index (κ2) is 7.01. The van der Waals surface area contributed by atoms with Gasteiger partial charge >= 0.3 is 0 Å². The summed E-state index contributed by atoms with van der Waals surface area (Å²) in [6.45, 7) is 7.56. The van der Waals surface area contributed by atoms with Gasteiger partial charge in [-0.15, -0.1) is 11.8 Å². The number of hydrogen-bond donors (Lipinski definition) is 2. The number of rotatable bonds is 5. The number of thioether (sulfide) groups is 1. The van der Waals surface area contributed by atoms with Crippen LogP contribution in [0.5, 0.6) is 0 Å². The lowest BCUT2D eigenvalue weighted by Crippen LogP contribution is -2.39. The highest BCUT2D eigenvalue weighted by Crippen LogP contribution is 2.31. The van der Waals surface area contributed by atoms with Gasteiger partial charge in [0.2, 0.25) is 0 Å². The number of piperidine rings is 1. The summed E-state index contributed by atoms with van der Waals surface area (Å²) in [6, 6.07) is 8.44. The predicted octanol–water partition coefficient (Wildman–Crippen LogP) is 3.47. The second-order valence-electron chi connectivity index (χ2n) is 5.64. The van der Waals surface area contributed by atoms with Crippen molar-refractivity contribution in [3.63, 3.8) is 0 Å². The zero-order chi connectivity index (χ0) is 14.4. The van der Waals surface area contributed by atoms with Crippen LogP contribution >= 0.6 is 11.8 Å². The summed E-state index contributed by atoms with van der Waals surface area (Å²) in [4.78, 5) is 1.08. The molecule has 1 aliphatic rings. The number of benzene rings is 1. The highest BCUT2D eigenvalue weighted by molar-refractivity contribution is 7.99. The summed E-state index contributed by atoms with van der Waals surface area (Å²) in [5, 5.41) is 16.3. The molecule has 1 aromatic rings. The molecule has 0 unspecified atom stereocenters. The maximum absolute atomic E-state index is 9.41. The molecule has 4 heteroatoms. The third-order valence-electron chi connectivity index (χ3n) is 3.95. The molecule has 1 heterocycles. The highest BCUT2D eigenvalue weighted by Gasteiger charge is 2.26. The van der Waals surface area contributed by atoms with Gasteiger partial charge < -0.3 is 10.6 Å². The first-order valence-corrected chi connectivity index (χ1v) is 8.27. The van der Waals surface area contributed by atoms with E-state index in [9.17, 15) is 5.26 Å². The SMILES string of the molecule is CCSc1cccc(NCC2(C)CCNCC2)c1C#N. The van der Waals surface area contributed by atoms with Crippen LogP contribution in [0.15, 0.2) is 23.1 Å². The Labute approximate surface area is 126 Å². The van der Waals surface area contributed by atoms with Gasteiger partial charge in [-0.3, -0.25) is 0 Å². The van der Waals surface area contributed by atoms with Gasteiger partial charge in [0.25, 0.3) is 0 Å². The largest absolute Gasteiger partial charge is 0.383 e. The van der Waals surface area contributed by atoms with Crippen molar-refractivity contribution in [1.29, 1.82) is 5.26 Å². The fraction of sp³-hybridized carbons (Fsp3) is 0.562. The lowest BCUT2D eigenvalue weighted by Gasteiger charge is -2.34. The molecule has 1 fully saturated rings. The predicted molar refractivity (Wildman–Crippen MR) is 86.3 cm³/mol. The van der Waals surface area contributed by atoms with Crippen molar-refractivity contribution in [1.82, 2.24) is 5.32 Å². The van der Waals surface area contributed by atoms with E-state index in [0.29, 0.717) is 5.41 Å². The van der Waals surface area contributed by atoms with Crippen LogP contribution in [0.1, 0.15) is 32.3 Å². The average Bonchev–Trinajstić information content (AvgIpc) is 2.46. The molecule has 1 saturated heterocycles. The van der Waals surface area contributed by atoms with E-state index in [-0.39, 0.29) is 0 Å². The van der Waals surface area contributed by atoms with Crippen LogP contribution in [0.25, 0.3) is 0 Å². The number of anilines is 1. The van der Waals surface area contributed by atoms with Crippen molar-refractivity contribution >= 4 is 17.4 Å². The van der Waals surface area contributed by atoms with E-state index in [1.54, 1.807) is 11.8 Å². The van der Waals surface area contributed by atoms with Crippen molar-refractivity contribution < 1.29 is 0 Å². The molecule has 0 radical (unpaired) electrons. The molecule has 0 atom stereocenters. The van der Waals surface area contributed by atoms with Gasteiger partial charge in [-0.1, -0.05) is 19.9 Å². The maximum atomic E-state index is 9.41. The number of nitriles is 1. The van der Waals surface area contributed by atoms with Gasteiger partial charge in [-0.25, -0.2) is 0 Å². The molecule has 2 rings (SSSR count). The van der Waals surface area contributed by atoms with E-state index in [1.165, 1.54) is 12.8 Å². The normalized spacial score (nSPS) is 17.4. The fourth-order valence-electron chi connectivity index (χ4n) is 2.59. The molecular weight excluding hydrogens is 266 g/mol. The van der Waals surface area contributed by atoms with Crippen molar-refractivity contribution in [2.45, 2.75) is 31.6 Å². The molecule has 0 spiro atoms. The van der Waals surface area contributed by atoms with E-state index >= 15 is 0 Å². The van der Waals surface area contributed by atoms with Gasteiger partial charge in [0.1, 0.15) is 6.07 Å². The van der Waals surface area contributed by atoms with Gasteiger partial charge in [0, 0.05) is 11.4 Å². The van der Waals surface area contributed by atoms with Crippen molar-refractivity contribution in [3.05, 3.63) is 23.8 Å². The lowest BCUT2D eigenvalue weighted by atomic mass is 9.81. The smallest absolute Gasteiger partial charge is 0.102 e. The summed E-state index contributed by atoms with van der Waals surface area (Å²) >= 11 is 1.73. The van der Waals surface area contributed by atoms with Gasteiger partial charge in [0.15, 0.2) is 0 Å². The number of hydrogen-bond acceptors (Lipinski definition) is 4. The molecule has 20 heavy (non-hydrogen) atoms. The van der Waals surface area contributed by atoms with Crippen molar-refractivity contribution in [3.8, 4) is 6.07 Å². The molecule has 3 nitrogen and oxygen atoms in total. The van der Waals surface area contributed by atoms with Crippen LogP contribution in [-0.4, -0.2) is 25.4 Å². The van der Waals surface area contributed by atoms with Crippen molar-refractivity contribution in [2.75, 3.05) is 30.7 Å². The van der Waals surface area contributed by atoms with Gasteiger partial charge in [-0.2, -0.15) is 5.26 Å². The first kappa shape index (κ1) is 15.2. The quantitative estimate of drug-likeness (QED) is 0.815. The summed E-state index contributed by atoms with van der Waals surface area (Å²) in [5.74, 6) is 0.988. The third-order valence-corrected chi connectivity index (χ3v) is 4.89. The molecule has 108 valence electrons. The zero-order valence-electron chi connectivity index (χ0n) is 12.3. The molecule has 1 aromatic carbocycles. The van der Waals surface area contributed by atoms with Crippen LogP contribution in [0.3, 0.4) is 0 Å². The summed E-state index contributed by atoms with van der Waals surface area (Å²) < 4.78 is 0. The van der Waals surface area contributed by atoms with Crippen LogP contribution < -0.4 is 10.6 Å². The molecule has 1 aliphatic heterocycles. The Morgan fingerprint density at radius 3 is 2.80 bits per heavy atom. The maximum Gasteiger partial charge on any atom is 0.102 e. The molecule has 0 aromatic heterocycles. The Balaban J connectivity index is 2.09. The average molecular weight is 289 g/mol. The minimum absolute atomic E-state index is 0.325. The Morgan fingerprint density at radius 1 is 1.40 bits per heavy atom. The minimum atomic E-state index is 0.325. The number of nitrogens with one attached hydrogen (secondary N) is 2. The minimum Gasteiger partial charge on any atom is -0.383 e. The molecule has 2 N–H and O–H groups in total. The van der Waals surface area contributed by atoms with Crippen LogP contribution in [0.2, 0.25) is 0 Å². The third kappa shape index (κ3) is 3.68. The Bertz CT molecular complexity index is 487. The van der Waals surface area contributed by atoms with Gasteiger partial charge in [-0.05, 0) is 49.2 Å². The first-order chi connectivity index (χ1) is 9.68. The Kier molecular flexibility index (Phi) is 5.33. The summed E-state index contributed by atoms with van der Waals surface area (Å²) in [7, 11) is 0. The van der Waals surface area contributed by atoms with Crippen LogP contribution in [0, 0.1) is 16.7 Å². The van der Waals surface area contributed by atoms with Crippen LogP contribution in [0.4, 0.5) is 5.69 Å². The van der Waals surface area contributed by atoms with Gasteiger partial charge in [0.05, 0.1) is 11.3 Å². The van der Waals surface area contributed by atoms with E-state index in [4.69, 9.17) is 0 Å². The molecule has 0 aliphatic carbocycles. The number of nitrogens with zero attached hydrogens (tertiary/aromatic N) is 1. The topological polar surface area (TPSA) is 47.8 Å². The summed E-state index contributed by atoms with van der Waals surface area (Å²) in [6.07, 6.45) is 2.37. The molecular formula is C16H23N3S. The zero-order valence-corrected chi connectivity index (χ0v) is 13.1. The van der Waals surface area contributed by atoms with Crippen LogP contribution in [-0.2, 0) is 0 Å². The second-order valence-corrected chi connectivity index (χ2v) is 6.94. The highest BCUT2D eigenvalue weighted by atomic mass is 32.2. The van der Waals surface area contributed by atoms with E-state index < -0.39 is 0 Å². The van der Waals surface area contributed by atoms with Crippen molar-refractivity contribution in [2.24, 2.45) is 5.41 Å². The summed E-state index contributed by atoms with van der Waals surface area (Å²) in [5.41, 5.74) is 2.09. The Morgan fingerprint density at radius 2 is 2.15 bits per heavy atom.